The zero-order valence-electron chi connectivity index (χ0n) is 23.0. The summed E-state index contributed by atoms with van der Waals surface area (Å²) in [7, 11) is 0. The lowest BCUT2D eigenvalue weighted by Gasteiger charge is -2.27. The van der Waals surface area contributed by atoms with E-state index in [1.165, 1.54) is 0 Å². The molecule has 3 aromatic rings. The van der Waals surface area contributed by atoms with Crippen LogP contribution in [0.1, 0.15) is 49.8 Å². The highest BCUT2D eigenvalue weighted by atomic mass is 16.5. The molecule has 0 fully saturated rings. The van der Waals surface area contributed by atoms with Crippen LogP contribution in [-0.4, -0.2) is 47.9 Å². The number of carboxylic acid groups (broad SMARTS) is 1. The van der Waals surface area contributed by atoms with Crippen LogP contribution in [0.3, 0.4) is 0 Å². The summed E-state index contributed by atoms with van der Waals surface area (Å²) in [6.45, 7) is 5.62. The van der Waals surface area contributed by atoms with Gasteiger partial charge in [-0.25, -0.2) is 9.59 Å². The summed E-state index contributed by atoms with van der Waals surface area (Å²) in [4.78, 5) is 38.2. The maximum absolute atomic E-state index is 13.3. The molecule has 1 aliphatic rings. The lowest BCUT2D eigenvalue weighted by molar-refractivity contribution is -0.147. The van der Waals surface area contributed by atoms with E-state index >= 15 is 0 Å². The summed E-state index contributed by atoms with van der Waals surface area (Å²) in [6, 6.07) is 23.2. The molecular formula is C32H36N2O6. The second-order valence-corrected chi connectivity index (χ2v) is 10.2. The molecule has 4 unspecified atom stereocenters. The fraction of sp³-hybridized carbons (Fsp3) is 0.344. The zero-order valence-corrected chi connectivity index (χ0v) is 23.0. The zero-order chi connectivity index (χ0) is 28.6. The predicted octanol–water partition coefficient (Wildman–Crippen LogP) is 5.11. The van der Waals surface area contributed by atoms with Crippen molar-refractivity contribution in [3.63, 3.8) is 0 Å². The fourth-order valence-electron chi connectivity index (χ4n) is 4.99. The van der Waals surface area contributed by atoms with Gasteiger partial charge in [0.2, 0.25) is 5.91 Å². The van der Waals surface area contributed by atoms with E-state index in [4.69, 9.17) is 9.47 Å². The van der Waals surface area contributed by atoms with E-state index in [1.807, 2.05) is 80.6 Å². The van der Waals surface area contributed by atoms with Crippen molar-refractivity contribution in [2.45, 2.75) is 57.9 Å². The fourth-order valence-corrected chi connectivity index (χ4v) is 4.99. The number of ether oxygens (including phenoxy) is 2. The number of rotatable bonds is 12. The van der Waals surface area contributed by atoms with E-state index in [0.717, 1.165) is 27.8 Å². The van der Waals surface area contributed by atoms with Gasteiger partial charge in [-0.15, -0.1) is 0 Å². The lowest BCUT2D eigenvalue weighted by atomic mass is 9.97. The topological polar surface area (TPSA) is 114 Å². The number of hydrogen-bond donors (Lipinski definition) is 3. The Hall–Kier alpha value is -4.17. The predicted molar refractivity (Wildman–Crippen MR) is 152 cm³/mol. The van der Waals surface area contributed by atoms with Crippen LogP contribution in [0.15, 0.2) is 78.9 Å². The van der Waals surface area contributed by atoms with Crippen LogP contribution in [0.25, 0.3) is 11.1 Å². The number of fused-ring (bicyclic) bond motifs is 3. The highest BCUT2D eigenvalue weighted by Gasteiger charge is 2.34. The van der Waals surface area contributed by atoms with Crippen molar-refractivity contribution in [1.29, 1.82) is 0 Å². The van der Waals surface area contributed by atoms with Gasteiger partial charge in [-0.1, -0.05) is 99.1 Å². The van der Waals surface area contributed by atoms with Gasteiger partial charge in [-0.05, 0) is 40.7 Å². The van der Waals surface area contributed by atoms with E-state index in [1.54, 1.807) is 6.92 Å². The third-order valence-corrected chi connectivity index (χ3v) is 7.50. The van der Waals surface area contributed by atoms with Crippen LogP contribution in [0.5, 0.6) is 0 Å². The minimum absolute atomic E-state index is 0.108. The van der Waals surface area contributed by atoms with Crippen LogP contribution in [-0.2, 0) is 25.7 Å². The van der Waals surface area contributed by atoms with Gasteiger partial charge >= 0.3 is 12.1 Å². The number of carbonyl (C=O) groups excluding carboxylic acids is 2. The van der Waals surface area contributed by atoms with Crippen LogP contribution in [0.2, 0.25) is 0 Å². The molecule has 0 spiro atoms. The second-order valence-electron chi connectivity index (χ2n) is 10.2. The Balaban J connectivity index is 1.39. The minimum Gasteiger partial charge on any atom is -0.480 e. The summed E-state index contributed by atoms with van der Waals surface area (Å²) in [5.41, 5.74) is 5.29. The van der Waals surface area contributed by atoms with Gasteiger partial charge in [-0.2, -0.15) is 0 Å². The van der Waals surface area contributed by atoms with Crippen LogP contribution >= 0.6 is 0 Å². The largest absolute Gasteiger partial charge is 0.480 e. The van der Waals surface area contributed by atoms with Crippen LogP contribution < -0.4 is 10.6 Å². The quantitative estimate of drug-likeness (QED) is 0.292. The van der Waals surface area contributed by atoms with E-state index in [-0.39, 0.29) is 25.0 Å². The summed E-state index contributed by atoms with van der Waals surface area (Å²) < 4.78 is 11.4. The van der Waals surface area contributed by atoms with Crippen molar-refractivity contribution >= 4 is 18.0 Å². The SMILES string of the molecule is CCC(C)C(NC(=O)OCC1c2ccccc2-c2ccccc21)C(=O)NC(C(=O)O)C(C)OCc1ccccc1. The third kappa shape index (κ3) is 6.69. The summed E-state index contributed by atoms with van der Waals surface area (Å²) in [5, 5.41) is 15.0. The van der Waals surface area contributed by atoms with E-state index in [9.17, 15) is 19.5 Å². The van der Waals surface area contributed by atoms with Gasteiger partial charge in [-0.3, -0.25) is 4.79 Å². The Morgan fingerprint density at radius 2 is 1.40 bits per heavy atom. The highest BCUT2D eigenvalue weighted by molar-refractivity contribution is 5.89. The second kappa shape index (κ2) is 13.3. The number of alkyl carbamates (subject to hydrolysis) is 1. The number of aliphatic carboxylic acids is 1. The molecule has 210 valence electrons. The molecule has 0 saturated carbocycles. The Morgan fingerprint density at radius 1 is 0.825 bits per heavy atom. The average molecular weight is 545 g/mol. The normalized spacial score (nSPS) is 15.2. The Morgan fingerprint density at radius 3 is 1.98 bits per heavy atom. The number of hydrogen-bond acceptors (Lipinski definition) is 5. The maximum atomic E-state index is 13.3. The van der Waals surface area contributed by atoms with E-state index < -0.39 is 36.2 Å². The van der Waals surface area contributed by atoms with E-state index in [0.29, 0.717) is 6.42 Å². The van der Waals surface area contributed by atoms with Gasteiger partial charge in [0.05, 0.1) is 12.7 Å². The van der Waals surface area contributed by atoms with Gasteiger partial charge < -0.3 is 25.2 Å². The van der Waals surface area contributed by atoms with Gasteiger partial charge in [0, 0.05) is 5.92 Å². The molecule has 0 saturated heterocycles. The summed E-state index contributed by atoms with van der Waals surface area (Å²) >= 11 is 0. The Bertz CT molecular complexity index is 1280. The molecule has 3 aromatic carbocycles. The van der Waals surface area contributed by atoms with Crippen LogP contribution in [0.4, 0.5) is 4.79 Å². The summed E-state index contributed by atoms with van der Waals surface area (Å²) in [5.74, 6) is -2.22. The molecule has 0 bridgehead atoms. The Labute approximate surface area is 234 Å². The number of carboxylic acids is 1. The van der Waals surface area contributed by atoms with Gasteiger partial charge in [0.15, 0.2) is 6.04 Å². The van der Waals surface area contributed by atoms with Crippen molar-refractivity contribution in [1.82, 2.24) is 10.6 Å². The highest BCUT2D eigenvalue weighted by Crippen LogP contribution is 2.44. The molecule has 0 aliphatic heterocycles. The van der Waals surface area contributed by atoms with E-state index in [2.05, 4.69) is 22.8 Å². The lowest BCUT2D eigenvalue weighted by Crippen LogP contribution is -2.57. The molecule has 4 rings (SSSR count). The van der Waals surface area contributed by atoms with Crippen molar-refractivity contribution in [3.8, 4) is 11.1 Å². The molecule has 1 aliphatic carbocycles. The molecule has 3 N–H and O–H groups in total. The molecule has 0 aromatic heterocycles. The van der Waals surface area contributed by atoms with Crippen molar-refractivity contribution < 1.29 is 29.0 Å². The number of amides is 2. The van der Waals surface area contributed by atoms with Crippen LogP contribution in [0, 0.1) is 5.92 Å². The molecule has 8 heteroatoms. The first-order valence-electron chi connectivity index (χ1n) is 13.6. The van der Waals surface area contributed by atoms with Crippen molar-refractivity contribution in [2.24, 2.45) is 5.92 Å². The van der Waals surface area contributed by atoms with Crippen molar-refractivity contribution in [3.05, 3.63) is 95.6 Å². The van der Waals surface area contributed by atoms with Crippen molar-refractivity contribution in [2.75, 3.05) is 6.61 Å². The third-order valence-electron chi connectivity index (χ3n) is 7.50. The number of carbonyl (C=O) groups is 3. The standard InChI is InChI=1S/C32H36N2O6/c1-4-20(2)28(30(35)33-29(31(36)37)21(3)39-18-22-12-6-5-7-13-22)34-32(38)40-19-27-25-16-10-8-14-23(25)24-15-9-11-17-26(24)27/h5-17,20-21,27-29H,4,18-19H2,1-3H3,(H,33,35)(H,34,38)(H,36,37). The minimum atomic E-state index is -1.30. The monoisotopic (exact) mass is 544 g/mol. The van der Waals surface area contributed by atoms with Gasteiger partial charge in [0.1, 0.15) is 12.6 Å². The van der Waals surface area contributed by atoms with Gasteiger partial charge in [0.25, 0.3) is 0 Å². The average Bonchev–Trinajstić information content (AvgIpc) is 3.29. The molecule has 0 heterocycles. The molecule has 8 nitrogen and oxygen atoms in total. The smallest absolute Gasteiger partial charge is 0.407 e. The molecule has 0 radical (unpaired) electrons. The maximum Gasteiger partial charge on any atom is 0.407 e. The first-order valence-corrected chi connectivity index (χ1v) is 13.6. The molecular weight excluding hydrogens is 508 g/mol. The first kappa shape index (κ1) is 28.8. The first-order chi connectivity index (χ1) is 19.3. The molecule has 40 heavy (non-hydrogen) atoms. The molecule has 4 atom stereocenters. The Kier molecular flexibility index (Phi) is 9.56. The molecule has 2 amide bonds. The number of nitrogens with one attached hydrogen (secondary N) is 2. The number of benzene rings is 3. The summed E-state index contributed by atoms with van der Waals surface area (Å²) in [6.07, 6.45) is -0.962.